The Morgan fingerprint density at radius 2 is 2.27 bits per heavy atom. The van der Waals surface area contributed by atoms with E-state index in [0.717, 1.165) is 23.1 Å². The van der Waals surface area contributed by atoms with E-state index in [2.05, 4.69) is 0 Å². The third-order valence-corrected chi connectivity index (χ3v) is 3.02. The molecule has 0 aliphatic heterocycles. The van der Waals surface area contributed by atoms with E-state index in [1.54, 1.807) is 0 Å². The summed E-state index contributed by atoms with van der Waals surface area (Å²) in [5.74, 6) is -0.952. The van der Waals surface area contributed by atoms with Crippen LogP contribution in [0.5, 0.6) is 0 Å². The van der Waals surface area contributed by atoms with E-state index in [1.165, 1.54) is 0 Å². The van der Waals surface area contributed by atoms with Gasteiger partial charge in [0.2, 0.25) is 0 Å². The first-order valence-electron chi connectivity index (χ1n) is 5.05. The van der Waals surface area contributed by atoms with Gasteiger partial charge in [-0.15, -0.1) is 0 Å². The molecule has 0 heterocycles. The van der Waals surface area contributed by atoms with E-state index in [-0.39, 0.29) is 6.42 Å². The van der Waals surface area contributed by atoms with Crippen LogP contribution in [0.3, 0.4) is 0 Å². The quantitative estimate of drug-likeness (QED) is 0.772. The van der Waals surface area contributed by atoms with Crippen molar-refractivity contribution >= 4 is 5.97 Å². The molecule has 0 aromatic heterocycles. The van der Waals surface area contributed by atoms with Crippen LogP contribution in [-0.4, -0.2) is 16.2 Å². The number of aliphatic hydroxyl groups is 1. The molecule has 1 aliphatic rings. The van der Waals surface area contributed by atoms with Crippen LogP contribution in [0.4, 0.5) is 0 Å². The summed E-state index contributed by atoms with van der Waals surface area (Å²) in [6.07, 6.45) is 1.07. The summed E-state index contributed by atoms with van der Waals surface area (Å²) in [7, 11) is 0. The lowest BCUT2D eigenvalue weighted by atomic mass is 9.91. The van der Waals surface area contributed by atoms with E-state index in [1.807, 2.05) is 25.1 Å². The normalized spacial score (nSPS) is 23.9. The number of rotatable bonds is 2. The maximum atomic E-state index is 10.7. The van der Waals surface area contributed by atoms with Crippen LogP contribution in [0.2, 0.25) is 0 Å². The Hall–Kier alpha value is -1.35. The second-order valence-corrected chi connectivity index (χ2v) is 4.26. The zero-order chi connectivity index (χ0) is 11.1. The first-order chi connectivity index (χ1) is 7.01. The maximum absolute atomic E-state index is 10.7. The molecule has 0 fully saturated rings. The Labute approximate surface area is 88.4 Å². The molecule has 2 N–H and O–H groups in total. The third-order valence-electron chi connectivity index (χ3n) is 3.02. The van der Waals surface area contributed by atoms with E-state index >= 15 is 0 Å². The number of aryl methyl sites for hydroxylation is 2. The van der Waals surface area contributed by atoms with E-state index in [9.17, 15) is 9.90 Å². The molecule has 0 saturated heterocycles. The second-order valence-electron chi connectivity index (χ2n) is 4.26. The summed E-state index contributed by atoms with van der Waals surface area (Å²) in [5, 5.41) is 19.0. The highest BCUT2D eigenvalue weighted by atomic mass is 16.4. The number of carboxylic acid groups (broad SMARTS) is 1. The van der Waals surface area contributed by atoms with Gasteiger partial charge in [-0.1, -0.05) is 23.8 Å². The van der Waals surface area contributed by atoms with Gasteiger partial charge >= 0.3 is 5.97 Å². The van der Waals surface area contributed by atoms with E-state index in [4.69, 9.17) is 5.11 Å². The van der Waals surface area contributed by atoms with Crippen molar-refractivity contribution in [3.8, 4) is 0 Å². The van der Waals surface area contributed by atoms with Crippen LogP contribution >= 0.6 is 0 Å². The van der Waals surface area contributed by atoms with Crippen molar-refractivity contribution in [3.05, 3.63) is 34.9 Å². The van der Waals surface area contributed by atoms with Gasteiger partial charge in [0.1, 0.15) is 5.60 Å². The van der Waals surface area contributed by atoms with Crippen molar-refractivity contribution in [3.63, 3.8) is 0 Å². The highest BCUT2D eigenvalue weighted by Gasteiger charge is 2.38. The summed E-state index contributed by atoms with van der Waals surface area (Å²) in [6.45, 7) is 1.94. The first kappa shape index (κ1) is 10.2. The molecular formula is C12H14O3. The average molecular weight is 206 g/mol. The van der Waals surface area contributed by atoms with Gasteiger partial charge in [-0.25, -0.2) is 0 Å². The van der Waals surface area contributed by atoms with Gasteiger partial charge in [-0.2, -0.15) is 0 Å². The van der Waals surface area contributed by atoms with Gasteiger partial charge < -0.3 is 10.2 Å². The van der Waals surface area contributed by atoms with Gasteiger partial charge in [-0.3, -0.25) is 4.79 Å². The molecule has 0 spiro atoms. The van der Waals surface area contributed by atoms with Crippen LogP contribution < -0.4 is 0 Å². The topological polar surface area (TPSA) is 57.5 Å². The van der Waals surface area contributed by atoms with Crippen LogP contribution in [0, 0.1) is 6.92 Å². The average Bonchev–Trinajstić information content (AvgIpc) is 2.43. The van der Waals surface area contributed by atoms with Crippen molar-refractivity contribution in [1.29, 1.82) is 0 Å². The largest absolute Gasteiger partial charge is 0.481 e. The molecule has 1 unspecified atom stereocenters. The van der Waals surface area contributed by atoms with Crippen molar-refractivity contribution in [2.45, 2.75) is 31.8 Å². The minimum atomic E-state index is -1.16. The van der Waals surface area contributed by atoms with Crippen molar-refractivity contribution < 1.29 is 15.0 Å². The van der Waals surface area contributed by atoms with Crippen LogP contribution in [0.15, 0.2) is 18.2 Å². The van der Waals surface area contributed by atoms with E-state index < -0.39 is 11.6 Å². The van der Waals surface area contributed by atoms with Gasteiger partial charge in [0.25, 0.3) is 0 Å². The van der Waals surface area contributed by atoms with Gasteiger partial charge in [0.05, 0.1) is 6.42 Å². The molecule has 1 aromatic rings. The predicted octanol–water partition coefficient (Wildman–Crippen LogP) is 1.60. The SMILES string of the molecule is Cc1ccc2c(c1)C(O)(CC(=O)O)CC2. The van der Waals surface area contributed by atoms with Crippen molar-refractivity contribution in [2.75, 3.05) is 0 Å². The Kier molecular flexibility index (Phi) is 2.27. The summed E-state index contributed by atoms with van der Waals surface area (Å²) >= 11 is 0. The number of benzene rings is 1. The van der Waals surface area contributed by atoms with Crippen LogP contribution in [-0.2, 0) is 16.8 Å². The number of hydrogen-bond donors (Lipinski definition) is 2. The second kappa shape index (κ2) is 3.35. The summed E-state index contributed by atoms with van der Waals surface area (Å²) < 4.78 is 0. The molecule has 80 valence electrons. The van der Waals surface area contributed by atoms with Crippen molar-refractivity contribution in [2.24, 2.45) is 0 Å². The molecule has 3 heteroatoms. The minimum absolute atomic E-state index is 0.205. The zero-order valence-corrected chi connectivity index (χ0v) is 8.66. The fourth-order valence-electron chi connectivity index (χ4n) is 2.25. The smallest absolute Gasteiger partial charge is 0.306 e. The fourth-order valence-corrected chi connectivity index (χ4v) is 2.25. The molecule has 0 bridgehead atoms. The zero-order valence-electron chi connectivity index (χ0n) is 8.66. The number of hydrogen-bond acceptors (Lipinski definition) is 2. The molecule has 1 aliphatic carbocycles. The Bertz CT molecular complexity index is 411. The fraction of sp³-hybridized carbons (Fsp3) is 0.417. The molecule has 3 nitrogen and oxygen atoms in total. The molecular weight excluding hydrogens is 192 g/mol. The van der Waals surface area contributed by atoms with Gasteiger partial charge in [0, 0.05) is 0 Å². The van der Waals surface area contributed by atoms with E-state index in [0.29, 0.717) is 6.42 Å². The monoisotopic (exact) mass is 206 g/mol. The number of fused-ring (bicyclic) bond motifs is 1. The van der Waals surface area contributed by atoms with Gasteiger partial charge in [-0.05, 0) is 30.9 Å². The van der Waals surface area contributed by atoms with Crippen molar-refractivity contribution in [1.82, 2.24) is 0 Å². The Balaban J connectivity index is 2.41. The third kappa shape index (κ3) is 1.75. The molecule has 15 heavy (non-hydrogen) atoms. The number of aliphatic carboxylic acids is 1. The Morgan fingerprint density at radius 1 is 1.53 bits per heavy atom. The molecule has 0 radical (unpaired) electrons. The summed E-state index contributed by atoms with van der Waals surface area (Å²) in [5.41, 5.74) is 1.77. The molecule has 0 saturated carbocycles. The maximum Gasteiger partial charge on any atom is 0.306 e. The summed E-state index contributed by atoms with van der Waals surface area (Å²) in [6, 6.07) is 5.86. The lowest BCUT2D eigenvalue weighted by Gasteiger charge is -2.21. The van der Waals surface area contributed by atoms with Crippen LogP contribution in [0.25, 0.3) is 0 Å². The molecule has 2 rings (SSSR count). The highest BCUT2D eigenvalue weighted by molar-refractivity contribution is 5.69. The summed E-state index contributed by atoms with van der Waals surface area (Å²) in [4.78, 5) is 10.7. The first-order valence-corrected chi connectivity index (χ1v) is 5.05. The van der Waals surface area contributed by atoms with Crippen LogP contribution in [0.1, 0.15) is 29.5 Å². The molecule has 1 aromatic carbocycles. The lowest BCUT2D eigenvalue weighted by molar-refractivity contribution is -0.142. The number of carbonyl (C=O) groups is 1. The molecule has 1 atom stereocenters. The highest BCUT2D eigenvalue weighted by Crippen LogP contribution is 2.39. The number of carboxylic acids is 1. The standard InChI is InChI=1S/C12H14O3/c1-8-2-3-9-4-5-12(15,7-11(13)14)10(9)6-8/h2-3,6,15H,4-5,7H2,1H3,(H,13,14). The molecule has 0 amide bonds. The lowest BCUT2D eigenvalue weighted by Crippen LogP contribution is -2.26. The van der Waals surface area contributed by atoms with Gasteiger partial charge in [0.15, 0.2) is 0 Å². The predicted molar refractivity (Wildman–Crippen MR) is 55.6 cm³/mol. The minimum Gasteiger partial charge on any atom is -0.481 e. The Morgan fingerprint density at radius 3 is 2.93 bits per heavy atom.